The molecule has 1 heterocycles. The number of carbonyl (C=O) groups excluding carboxylic acids is 1. The maximum atomic E-state index is 12.0. The first kappa shape index (κ1) is 13.1. The molecule has 2 rings (SSSR count). The molecule has 1 aromatic rings. The van der Waals surface area contributed by atoms with Crippen molar-refractivity contribution in [2.45, 2.75) is 38.1 Å². The van der Waals surface area contributed by atoms with E-state index >= 15 is 0 Å². The molecule has 2 N–H and O–H groups in total. The highest BCUT2D eigenvalue weighted by atomic mass is 32.1. The van der Waals surface area contributed by atoms with Crippen molar-refractivity contribution in [3.8, 4) is 11.8 Å². The van der Waals surface area contributed by atoms with Crippen LogP contribution in [0.2, 0.25) is 0 Å². The summed E-state index contributed by atoms with van der Waals surface area (Å²) in [6.07, 6.45) is 3.79. The fraction of sp³-hybridized carbons (Fsp3) is 0.500. The zero-order valence-electron chi connectivity index (χ0n) is 10.5. The molecular weight excluding hydrogens is 246 g/mol. The van der Waals surface area contributed by atoms with Gasteiger partial charge in [-0.3, -0.25) is 4.79 Å². The molecule has 0 saturated heterocycles. The van der Waals surface area contributed by atoms with E-state index in [0.717, 1.165) is 17.7 Å². The summed E-state index contributed by atoms with van der Waals surface area (Å²) in [5.41, 5.74) is -0.0101. The molecule has 4 heteroatoms. The average Bonchev–Trinajstić information content (AvgIpc) is 2.76. The Morgan fingerprint density at radius 2 is 2.33 bits per heavy atom. The summed E-state index contributed by atoms with van der Waals surface area (Å²) >= 11 is 1.40. The molecule has 0 aliphatic heterocycles. The molecular formula is C14H17NO2S. The maximum absolute atomic E-state index is 12.0. The second kappa shape index (κ2) is 5.55. The molecule has 1 fully saturated rings. The van der Waals surface area contributed by atoms with E-state index in [1.165, 1.54) is 17.8 Å². The van der Waals surface area contributed by atoms with Crippen molar-refractivity contribution in [1.82, 2.24) is 5.32 Å². The van der Waals surface area contributed by atoms with E-state index in [1.54, 1.807) is 0 Å². The SMILES string of the molecule is CC1(NC(=O)c2ccc(C#CCCO)s2)CCC1. The lowest BCUT2D eigenvalue weighted by Gasteiger charge is -2.38. The van der Waals surface area contributed by atoms with Crippen molar-refractivity contribution >= 4 is 17.2 Å². The summed E-state index contributed by atoms with van der Waals surface area (Å²) < 4.78 is 0. The molecule has 1 saturated carbocycles. The molecule has 0 unspecified atom stereocenters. The Balaban J connectivity index is 1.97. The van der Waals surface area contributed by atoms with E-state index < -0.39 is 0 Å². The quantitative estimate of drug-likeness (QED) is 0.821. The summed E-state index contributed by atoms with van der Waals surface area (Å²) in [7, 11) is 0. The lowest BCUT2D eigenvalue weighted by molar-refractivity contribution is 0.0854. The third-order valence-electron chi connectivity index (χ3n) is 3.15. The third-order valence-corrected chi connectivity index (χ3v) is 4.15. The van der Waals surface area contributed by atoms with Gasteiger partial charge < -0.3 is 10.4 Å². The van der Waals surface area contributed by atoms with Crippen LogP contribution >= 0.6 is 11.3 Å². The molecule has 1 aromatic heterocycles. The minimum Gasteiger partial charge on any atom is -0.395 e. The van der Waals surface area contributed by atoms with Gasteiger partial charge in [0.1, 0.15) is 0 Å². The molecule has 1 amide bonds. The smallest absolute Gasteiger partial charge is 0.261 e. The number of aliphatic hydroxyl groups is 1. The van der Waals surface area contributed by atoms with Crippen LogP contribution in [-0.2, 0) is 0 Å². The normalized spacial score (nSPS) is 16.3. The first-order chi connectivity index (χ1) is 8.63. The fourth-order valence-corrected chi connectivity index (χ4v) is 2.68. The molecule has 96 valence electrons. The first-order valence-electron chi connectivity index (χ1n) is 6.15. The molecule has 18 heavy (non-hydrogen) atoms. The lowest BCUT2D eigenvalue weighted by atomic mass is 9.78. The minimum atomic E-state index is -0.0101. The summed E-state index contributed by atoms with van der Waals surface area (Å²) in [6, 6.07) is 3.66. The predicted octanol–water partition coefficient (Wildman–Crippen LogP) is 2.15. The lowest BCUT2D eigenvalue weighted by Crippen LogP contribution is -2.50. The molecule has 1 aliphatic carbocycles. The summed E-state index contributed by atoms with van der Waals surface area (Å²) in [5, 5.41) is 11.7. The van der Waals surface area contributed by atoms with Crippen molar-refractivity contribution in [1.29, 1.82) is 0 Å². The number of hydrogen-bond donors (Lipinski definition) is 2. The second-order valence-electron chi connectivity index (χ2n) is 4.81. The zero-order valence-corrected chi connectivity index (χ0v) is 11.3. The van der Waals surface area contributed by atoms with Gasteiger partial charge in [0.2, 0.25) is 0 Å². The van der Waals surface area contributed by atoms with Crippen LogP contribution in [0.15, 0.2) is 12.1 Å². The van der Waals surface area contributed by atoms with E-state index in [0.29, 0.717) is 11.3 Å². The summed E-state index contributed by atoms with van der Waals surface area (Å²) in [6.45, 7) is 2.16. The Bertz CT molecular complexity index is 491. The van der Waals surface area contributed by atoms with Crippen LogP contribution in [0.1, 0.15) is 47.2 Å². The van der Waals surface area contributed by atoms with Gasteiger partial charge in [-0.1, -0.05) is 11.8 Å². The van der Waals surface area contributed by atoms with Crippen molar-refractivity contribution in [2.24, 2.45) is 0 Å². The van der Waals surface area contributed by atoms with Crippen LogP contribution < -0.4 is 5.32 Å². The highest BCUT2D eigenvalue weighted by Gasteiger charge is 2.33. The Hall–Kier alpha value is -1.31. The Morgan fingerprint density at radius 3 is 2.94 bits per heavy atom. The van der Waals surface area contributed by atoms with E-state index in [9.17, 15) is 4.79 Å². The van der Waals surface area contributed by atoms with Gasteiger partial charge in [-0.05, 0) is 38.3 Å². The molecule has 0 radical (unpaired) electrons. The van der Waals surface area contributed by atoms with Crippen LogP contribution in [0.25, 0.3) is 0 Å². The van der Waals surface area contributed by atoms with Gasteiger partial charge in [0.05, 0.1) is 16.4 Å². The van der Waals surface area contributed by atoms with Gasteiger partial charge >= 0.3 is 0 Å². The highest BCUT2D eigenvalue weighted by molar-refractivity contribution is 7.14. The van der Waals surface area contributed by atoms with Gasteiger partial charge in [0, 0.05) is 12.0 Å². The monoisotopic (exact) mass is 263 g/mol. The highest BCUT2D eigenvalue weighted by Crippen LogP contribution is 2.31. The Kier molecular flexibility index (Phi) is 4.05. The van der Waals surface area contributed by atoms with E-state index in [2.05, 4.69) is 24.1 Å². The van der Waals surface area contributed by atoms with E-state index in [-0.39, 0.29) is 18.1 Å². The molecule has 0 bridgehead atoms. The van der Waals surface area contributed by atoms with Crippen LogP contribution in [0.5, 0.6) is 0 Å². The van der Waals surface area contributed by atoms with Crippen LogP contribution in [0.3, 0.4) is 0 Å². The fourth-order valence-electron chi connectivity index (χ4n) is 1.90. The molecule has 0 aromatic carbocycles. The van der Waals surface area contributed by atoms with Crippen molar-refractivity contribution in [2.75, 3.05) is 6.61 Å². The Morgan fingerprint density at radius 1 is 1.56 bits per heavy atom. The molecule has 0 spiro atoms. The number of thiophene rings is 1. The maximum Gasteiger partial charge on any atom is 0.261 e. The standard InChI is InChI=1S/C14H17NO2S/c1-14(8-4-9-14)15-13(17)12-7-6-11(18-12)5-2-3-10-16/h6-7,16H,3-4,8-10H2,1H3,(H,15,17). The topological polar surface area (TPSA) is 49.3 Å². The number of hydrogen-bond acceptors (Lipinski definition) is 3. The number of rotatable bonds is 3. The summed E-state index contributed by atoms with van der Waals surface area (Å²) in [4.78, 5) is 13.6. The number of carbonyl (C=O) groups is 1. The Labute approximate surface area is 111 Å². The zero-order chi connectivity index (χ0) is 13.0. The molecule has 0 atom stereocenters. The minimum absolute atomic E-state index is 0.00240. The van der Waals surface area contributed by atoms with Gasteiger partial charge in [-0.25, -0.2) is 0 Å². The van der Waals surface area contributed by atoms with E-state index in [1.807, 2.05) is 12.1 Å². The van der Waals surface area contributed by atoms with Gasteiger partial charge in [0.15, 0.2) is 0 Å². The average molecular weight is 263 g/mol. The molecule has 1 aliphatic rings. The largest absolute Gasteiger partial charge is 0.395 e. The van der Waals surface area contributed by atoms with Crippen LogP contribution in [0, 0.1) is 11.8 Å². The second-order valence-corrected chi connectivity index (χ2v) is 5.89. The predicted molar refractivity (Wildman–Crippen MR) is 72.6 cm³/mol. The number of amides is 1. The van der Waals surface area contributed by atoms with E-state index in [4.69, 9.17) is 5.11 Å². The molecule has 3 nitrogen and oxygen atoms in total. The van der Waals surface area contributed by atoms with Gasteiger partial charge in [0.25, 0.3) is 5.91 Å². The van der Waals surface area contributed by atoms with Crippen LogP contribution in [0.4, 0.5) is 0 Å². The van der Waals surface area contributed by atoms with Crippen molar-refractivity contribution in [3.05, 3.63) is 21.9 Å². The van der Waals surface area contributed by atoms with Crippen LogP contribution in [-0.4, -0.2) is 23.2 Å². The third kappa shape index (κ3) is 3.12. The first-order valence-corrected chi connectivity index (χ1v) is 6.97. The van der Waals surface area contributed by atoms with Gasteiger partial charge in [-0.15, -0.1) is 11.3 Å². The number of nitrogens with one attached hydrogen (secondary N) is 1. The van der Waals surface area contributed by atoms with Crippen molar-refractivity contribution in [3.63, 3.8) is 0 Å². The van der Waals surface area contributed by atoms with Gasteiger partial charge in [-0.2, -0.15) is 0 Å². The summed E-state index contributed by atoms with van der Waals surface area (Å²) in [5.74, 6) is 5.79. The van der Waals surface area contributed by atoms with Crippen molar-refractivity contribution < 1.29 is 9.90 Å². The number of aliphatic hydroxyl groups excluding tert-OH is 1.